The van der Waals surface area contributed by atoms with E-state index in [1.165, 1.54) is 24.9 Å². The molecule has 4 nitrogen and oxygen atoms in total. The van der Waals surface area contributed by atoms with Crippen LogP contribution in [0.5, 0.6) is 0 Å². The van der Waals surface area contributed by atoms with Crippen molar-refractivity contribution in [2.75, 3.05) is 31.6 Å². The van der Waals surface area contributed by atoms with E-state index in [2.05, 4.69) is 39.8 Å². The van der Waals surface area contributed by atoms with E-state index in [0.29, 0.717) is 6.54 Å². The number of amides is 1. The zero-order valence-corrected chi connectivity index (χ0v) is 12.5. The van der Waals surface area contributed by atoms with E-state index in [1.54, 1.807) is 7.05 Å². The molecule has 2 rings (SSSR count). The van der Waals surface area contributed by atoms with E-state index in [9.17, 15) is 4.79 Å². The fourth-order valence-corrected chi connectivity index (χ4v) is 2.66. The molecule has 1 aliphatic rings. The van der Waals surface area contributed by atoms with Gasteiger partial charge in [-0.3, -0.25) is 4.79 Å². The van der Waals surface area contributed by atoms with E-state index < -0.39 is 0 Å². The first-order valence-electron chi connectivity index (χ1n) is 7.49. The van der Waals surface area contributed by atoms with Crippen molar-refractivity contribution in [2.24, 2.45) is 0 Å². The molecule has 1 saturated heterocycles. The molecule has 1 heterocycles. The van der Waals surface area contributed by atoms with Crippen LogP contribution in [0.1, 0.15) is 37.8 Å². The molecule has 1 unspecified atom stereocenters. The Hall–Kier alpha value is -1.55. The normalized spacial score (nSPS) is 16.8. The van der Waals surface area contributed by atoms with E-state index in [-0.39, 0.29) is 11.9 Å². The lowest BCUT2D eigenvalue weighted by Gasteiger charge is -2.29. The third-order valence-corrected chi connectivity index (χ3v) is 3.83. The summed E-state index contributed by atoms with van der Waals surface area (Å²) in [6.07, 6.45) is 3.93. The summed E-state index contributed by atoms with van der Waals surface area (Å²) in [5.74, 6) is 0.0279. The number of carbonyl (C=O) groups is 1. The molecule has 1 atom stereocenters. The third kappa shape index (κ3) is 3.97. The Morgan fingerprint density at radius 1 is 1.20 bits per heavy atom. The molecule has 110 valence electrons. The summed E-state index contributed by atoms with van der Waals surface area (Å²) in [7, 11) is 1.78. The topological polar surface area (TPSA) is 44.4 Å². The highest BCUT2D eigenvalue weighted by Gasteiger charge is 2.12. The molecule has 0 radical (unpaired) electrons. The van der Waals surface area contributed by atoms with E-state index in [4.69, 9.17) is 0 Å². The highest BCUT2D eigenvalue weighted by atomic mass is 16.1. The fraction of sp³-hybridized carbons (Fsp3) is 0.562. The van der Waals surface area contributed by atoms with Gasteiger partial charge in [0.1, 0.15) is 0 Å². The number of anilines is 1. The lowest BCUT2D eigenvalue weighted by molar-refractivity contribution is -0.120. The van der Waals surface area contributed by atoms with Gasteiger partial charge in [-0.1, -0.05) is 12.1 Å². The molecule has 2 N–H and O–H groups in total. The molecule has 4 heteroatoms. The molecule has 1 aromatic rings. The van der Waals surface area contributed by atoms with Crippen molar-refractivity contribution in [1.29, 1.82) is 0 Å². The first-order valence-corrected chi connectivity index (χ1v) is 7.49. The number of hydrogen-bond donors (Lipinski definition) is 2. The van der Waals surface area contributed by atoms with Crippen LogP contribution in [0, 0.1) is 0 Å². The lowest BCUT2D eigenvalue weighted by atomic mass is 10.1. The molecule has 0 aromatic heterocycles. The Bertz CT molecular complexity index is 424. The molecule has 1 aliphatic heterocycles. The Labute approximate surface area is 121 Å². The number of hydrogen-bond acceptors (Lipinski definition) is 3. The molecular weight excluding hydrogens is 250 g/mol. The van der Waals surface area contributed by atoms with Crippen LogP contribution in [0.25, 0.3) is 0 Å². The van der Waals surface area contributed by atoms with E-state index in [1.807, 2.05) is 6.92 Å². The maximum atomic E-state index is 11.6. The quantitative estimate of drug-likeness (QED) is 0.864. The summed E-state index contributed by atoms with van der Waals surface area (Å²) in [4.78, 5) is 14.0. The number of likely N-dealkylation sites (N-methyl/N-ethyl adjacent to an activating group) is 1. The van der Waals surface area contributed by atoms with Crippen molar-refractivity contribution < 1.29 is 4.79 Å². The van der Waals surface area contributed by atoms with Crippen molar-refractivity contribution in [1.82, 2.24) is 10.6 Å². The van der Waals surface area contributed by atoms with Crippen LogP contribution in [0.15, 0.2) is 24.3 Å². The minimum absolute atomic E-state index is 0.0279. The summed E-state index contributed by atoms with van der Waals surface area (Å²) in [6, 6.07) is 8.62. The zero-order chi connectivity index (χ0) is 14.4. The minimum Gasteiger partial charge on any atom is -0.372 e. The molecule has 1 amide bonds. The average Bonchev–Trinajstić information content (AvgIpc) is 2.48. The van der Waals surface area contributed by atoms with Crippen molar-refractivity contribution >= 4 is 11.6 Å². The Morgan fingerprint density at radius 3 is 2.45 bits per heavy atom. The van der Waals surface area contributed by atoms with Crippen LogP contribution >= 0.6 is 0 Å². The fourth-order valence-electron chi connectivity index (χ4n) is 2.66. The van der Waals surface area contributed by atoms with Crippen LogP contribution in [0.3, 0.4) is 0 Å². The van der Waals surface area contributed by atoms with E-state index in [0.717, 1.165) is 18.7 Å². The lowest BCUT2D eigenvalue weighted by Crippen LogP contribution is -2.34. The Morgan fingerprint density at radius 2 is 1.85 bits per heavy atom. The molecule has 1 fully saturated rings. The average molecular weight is 275 g/mol. The summed E-state index contributed by atoms with van der Waals surface area (Å²) >= 11 is 0. The molecule has 0 aliphatic carbocycles. The summed E-state index contributed by atoms with van der Waals surface area (Å²) in [5, 5.41) is 5.84. The van der Waals surface area contributed by atoms with Gasteiger partial charge in [0.15, 0.2) is 0 Å². The van der Waals surface area contributed by atoms with Crippen LogP contribution in [-0.2, 0) is 4.79 Å². The van der Waals surface area contributed by atoms with Gasteiger partial charge >= 0.3 is 0 Å². The number of benzene rings is 1. The number of rotatable bonds is 5. The molecule has 1 aromatic carbocycles. The van der Waals surface area contributed by atoms with Crippen molar-refractivity contribution in [3.05, 3.63) is 29.8 Å². The predicted molar refractivity (Wildman–Crippen MR) is 83.0 cm³/mol. The Balaban J connectivity index is 1.94. The second-order valence-corrected chi connectivity index (χ2v) is 5.46. The van der Waals surface area contributed by atoms with E-state index >= 15 is 0 Å². The second kappa shape index (κ2) is 7.29. The highest BCUT2D eigenvalue weighted by molar-refractivity contribution is 5.78. The largest absolute Gasteiger partial charge is 0.372 e. The Kier molecular flexibility index (Phi) is 5.41. The van der Waals surface area contributed by atoms with Gasteiger partial charge in [-0.05, 0) is 50.9 Å². The summed E-state index contributed by atoms with van der Waals surface area (Å²) in [6.45, 7) is 4.70. The van der Waals surface area contributed by atoms with Gasteiger partial charge in [-0.25, -0.2) is 0 Å². The van der Waals surface area contributed by atoms with Gasteiger partial charge in [-0.15, -0.1) is 0 Å². The number of nitrogens with zero attached hydrogens (tertiary/aromatic N) is 1. The smallest absolute Gasteiger partial charge is 0.234 e. The summed E-state index contributed by atoms with van der Waals surface area (Å²) in [5.41, 5.74) is 2.44. The van der Waals surface area contributed by atoms with Gasteiger partial charge in [0.2, 0.25) is 5.91 Å². The van der Waals surface area contributed by atoms with Crippen molar-refractivity contribution in [2.45, 2.75) is 32.2 Å². The zero-order valence-electron chi connectivity index (χ0n) is 12.5. The molecule has 0 saturated carbocycles. The van der Waals surface area contributed by atoms with Crippen LogP contribution in [0.2, 0.25) is 0 Å². The number of piperidine rings is 1. The van der Waals surface area contributed by atoms with Crippen LogP contribution < -0.4 is 15.5 Å². The molecular formula is C16H25N3O. The number of nitrogens with one attached hydrogen (secondary N) is 2. The maximum absolute atomic E-state index is 11.6. The first kappa shape index (κ1) is 14.9. The van der Waals surface area contributed by atoms with Crippen LogP contribution in [-0.4, -0.2) is 32.6 Å². The van der Waals surface area contributed by atoms with Gasteiger partial charge in [0.25, 0.3) is 0 Å². The van der Waals surface area contributed by atoms with Gasteiger partial charge < -0.3 is 15.5 Å². The number of carbonyl (C=O) groups excluding carboxylic acids is 1. The standard InChI is InChI=1S/C16H25N3O/c1-13(18-16(20)12-17-2)14-6-8-15(9-7-14)19-10-4-3-5-11-19/h6-9,13,17H,3-5,10-12H2,1-2H3,(H,18,20). The monoisotopic (exact) mass is 275 g/mol. The minimum atomic E-state index is 0.0279. The molecule has 0 bridgehead atoms. The van der Waals surface area contributed by atoms with Crippen molar-refractivity contribution in [3.8, 4) is 0 Å². The third-order valence-electron chi connectivity index (χ3n) is 3.83. The predicted octanol–water partition coefficient (Wildman–Crippen LogP) is 2.07. The van der Waals surface area contributed by atoms with Crippen LogP contribution in [0.4, 0.5) is 5.69 Å². The van der Waals surface area contributed by atoms with Crippen molar-refractivity contribution in [3.63, 3.8) is 0 Å². The first-order chi connectivity index (χ1) is 9.70. The molecule has 20 heavy (non-hydrogen) atoms. The highest BCUT2D eigenvalue weighted by Crippen LogP contribution is 2.22. The molecule has 0 spiro atoms. The van der Waals surface area contributed by atoms with Gasteiger partial charge in [0.05, 0.1) is 12.6 Å². The van der Waals surface area contributed by atoms with Gasteiger partial charge in [-0.2, -0.15) is 0 Å². The summed E-state index contributed by atoms with van der Waals surface area (Å²) < 4.78 is 0. The van der Waals surface area contributed by atoms with Gasteiger partial charge in [0, 0.05) is 18.8 Å². The SMILES string of the molecule is CNCC(=O)NC(C)c1ccc(N2CCCCC2)cc1. The maximum Gasteiger partial charge on any atom is 0.234 e. The second-order valence-electron chi connectivity index (χ2n) is 5.46.